The molecule has 4 aromatic carbocycles. The molecule has 0 spiro atoms. The second-order valence-electron chi connectivity index (χ2n) is 8.02. The van der Waals surface area contributed by atoms with Crippen molar-refractivity contribution >= 4 is 26.1 Å². The molecule has 0 bridgehead atoms. The summed E-state index contributed by atoms with van der Waals surface area (Å²) >= 11 is -10.7. The zero-order valence-corrected chi connectivity index (χ0v) is 23.1. The predicted octanol–water partition coefficient (Wildman–Crippen LogP) is 4.97. The molecule has 37 heavy (non-hydrogen) atoms. The van der Waals surface area contributed by atoms with E-state index in [1.54, 1.807) is 48.5 Å². The Morgan fingerprint density at radius 1 is 0.459 bits per heavy atom. The molecule has 184 valence electrons. The molecule has 0 aliphatic rings. The minimum atomic E-state index is -5.33. The standard InChI is InChI=1S/C30H22O5Se2/c31-36(32,23-29-17-9-7-15-27(29)21-19-25-11-3-1-4-12-25)35-37(33,34)24-30-18-10-8-16-28(30)22-20-26-13-5-2-6-14-26/h1-18H,23-24H2. The van der Waals surface area contributed by atoms with E-state index in [4.69, 9.17) is 2.90 Å². The summed E-state index contributed by atoms with van der Waals surface area (Å²) in [6, 6.07) is 32.0. The van der Waals surface area contributed by atoms with E-state index < -0.39 is 36.7 Å². The van der Waals surface area contributed by atoms with Crippen molar-refractivity contribution in [3.05, 3.63) is 143 Å². The van der Waals surface area contributed by atoms with E-state index in [1.807, 2.05) is 60.7 Å². The van der Waals surface area contributed by atoms with Gasteiger partial charge >= 0.3 is 221 Å². The van der Waals surface area contributed by atoms with Gasteiger partial charge in [0.15, 0.2) is 0 Å². The summed E-state index contributed by atoms with van der Waals surface area (Å²) in [4.78, 5) is 0. The van der Waals surface area contributed by atoms with Gasteiger partial charge in [-0.05, 0) is 0 Å². The summed E-state index contributed by atoms with van der Waals surface area (Å²) in [5, 5.41) is -1.09. The maximum absolute atomic E-state index is 12.8. The second-order valence-corrected chi connectivity index (χ2v) is 15.7. The molecule has 0 radical (unpaired) electrons. The van der Waals surface area contributed by atoms with Gasteiger partial charge in [-0.3, -0.25) is 0 Å². The second kappa shape index (κ2) is 12.0. The first-order valence-corrected chi connectivity index (χ1v) is 17.9. The van der Waals surface area contributed by atoms with Crippen LogP contribution in [-0.4, -0.2) is 26.1 Å². The van der Waals surface area contributed by atoms with Crippen molar-refractivity contribution in [1.29, 1.82) is 0 Å². The zero-order chi connectivity index (χ0) is 26.1. The number of hydrogen-bond donors (Lipinski definition) is 0. The SMILES string of the molecule is O=[Se](=O)(Cc1ccccc1C#Cc1ccccc1)O[Se](=O)(=O)Cc1ccccc1C#Cc1ccccc1. The van der Waals surface area contributed by atoms with Gasteiger partial charge in [0, 0.05) is 0 Å². The van der Waals surface area contributed by atoms with Crippen LogP contribution in [0.15, 0.2) is 109 Å². The zero-order valence-electron chi connectivity index (χ0n) is 19.7. The van der Waals surface area contributed by atoms with E-state index in [-0.39, 0.29) is 0 Å². The Morgan fingerprint density at radius 3 is 1.22 bits per heavy atom. The molecule has 0 unspecified atom stereocenters. The summed E-state index contributed by atoms with van der Waals surface area (Å²) in [6.07, 6.45) is 0. The Kier molecular flexibility index (Phi) is 8.49. The first kappa shape index (κ1) is 26.3. The molecular formula is C30H22O5Se2. The van der Waals surface area contributed by atoms with Gasteiger partial charge in [0.1, 0.15) is 0 Å². The Labute approximate surface area is 220 Å². The molecule has 4 rings (SSSR count). The fourth-order valence-electron chi connectivity index (χ4n) is 3.45. The van der Waals surface area contributed by atoms with Crippen LogP contribution >= 0.6 is 0 Å². The molecule has 0 N–H and O–H groups in total. The Hall–Kier alpha value is -3.80. The van der Waals surface area contributed by atoms with Crippen molar-refractivity contribution in [2.75, 3.05) is 0 Å². The van der Waals surface area contributed by atoms with Gasteiger partial charge < -0.3 is 0 Å². The maximum atomic E-state index is 12.8. The van der Waals surface area contributed by atoms with Crippen LogP contribution in [0.5, 0.6) is 0 Å². The van der Waals surface area contributed by atoms with Crippen molar-refractivity contribution in [3.63, 3.8) is 0 Å². The van der Waals surface area contributed by atoms with Crippen LogP contribution in [0.25, 0.3) is 0 Å². The number of rotatable bonds is 6. The van der Waals surface area contributed by atoms with Gasteiger partial charge in [-0.1, -0.05) is 0 Å². The topological polar surface area (TPSA) is 77.5 Å². The first-order valence-electron chi connectivity index (χ1n) is 11.3. The third-order valence-corrected chi connectivity index (χ3v) is 13.3. The van der Waals surface area contributed by atoms with E-state index in [2.05, 4.69) is 23.7 Å². The molecule has 0 aliphatic heterocycles. The van der Waals surface area contributed by atoms with Crippen LogP contribution in [-0.2, 0) is 28.9 Å². The minimum absolute atomic E-state index is 0.387. The molecule has 0 aliphatic carbocycles. The van der Waals surface area contributed by atoms with Gasteiger partial charge in [0.2, 0.25) is 0 Å². The number of hydrogen-bond acceptors (Lipinski definition) is 5. The molecule has 0 saturated carbocycles. The summed E-state index contributed by atoms with van der Waals surface area (Å²) in [5.74, 6) is 11.9. The van der Waals surface area contributed by atoms with Crippen LogP contribution in [0.3, 0.4) is 0 Å². The van der Waals surface area contributed by atoms with E-state index in [0.29, 0.717) is 22.3 Å². The molecule has 0 atom stereocenters. The van der Waals surface area contributed by atoms with Gasteiger partial charge in [-0.25, -0.2) is 0 Å². The van der Waals surface area contributed by atoms with Gasteiger partial charge in [0.05, 0.1) is 0 Å². The van der Waals surface area contributed by atoms with Crippen LogP contribution < -0.4 is 0 Å². The molecule has 0 heterocycles. The summed E-state index contributed by atoms with van der Waals surface area (Å²) in [5.41, 5.74) is 3.33. The summed E-state index contributed by atoms with van der Waals surface area (Å²) in [6.45, 7) is 0. The van der Waals surface area contributed by atoms with Crippen molar-refractivity contribution in [3.8, 4) is 23.7 Å². The Bertz CT molecular complexity index is 1590. The first-order chi connectivity index (χ1) is 17.8. The summed E-state index contributed by atoms with van der Waals surface area (Å²) < 4.78 is 56.2. The molecule has 0 aromatic heterocycles. The fraction of sp³-hybridized carbons (Fsp3) is 0.0667. The predicted molar refractivity (Wildman–Crippen MR) is 140 cm³/mol. The Balaban J connectivity index is 1.51. The van der Waals surface area contributed by atoms with Gasteiger partial charge in [0.25, 0.3) is 0 Å². The molecule has 7 heteroatoms. The average molecular weight is 620 g/mol. The van der Waals surface area contributed by atoms with Crippen molar-refractivity contribution in [2.45, 2.75) is 10.6 Å². The molecule has 4 aromatic rings. The van der Waals surface area contributed by atoms with Gasteiger partial charge in [-0.2, -0.15) is 0 Å². The van der Waals surface area contributed by atoms with Crippen molar-refractivity contribution < 1.29 is 18.2 Å². The van der Waals surface area contributed by atoms with Crippen molar-refractivity contribution in [1.82, 2.24) is 0 Å². The molecular weight excluding hydrogens is 598 g/mol. The molecule has 5 nitrogen and oxygen atoms in total. The summed E-state index contributed by atoms with van der Waals surface area (Å²) in [7, 11) is 0. The van der Waals surface area contributed by atoms with Crippen molar-refractivity contribution in [2.24, 2.45) is 0 Å². The monoisotopic (exact) mass is 622 g/mol. The van der Waals surface area contributed by atoms with E-state index in [9.17, 15) is 15.3 Å². The van der Waals surface area contributed by atoms with Crippen LogP contribution in [0.2, 0.25) is 0 Å². The van der Waals surface area contributed by atoms with E-state index in [1.165, 1.54) is 0 Å². The van der Waals surface area contributed by atoms with E-state index >= 15 is 0 Å². The van der Waals surface area contributed by atoms with E-state index in [0.717, 1.165) is 11.1 Å². The van der Waals surface area contributed by atoms with Crippen LogP contribution in [0.1, 0.15) is 33.4 Å². The molecule has 0 fully saturated rings. The quantitative estimate of drug-likeness (QED) is 0.225. The Morgan fingerprint density at radius 2 is 0.811 bits per heavy atom. The van der Waals surface area contributed by atoms with Gasteiger partial charge in [-0.15, -0.1) is 0 Å². The third-order valence-electron chi connectivity index (χ3n) is 5.14. The fourth-order valence-corrected chi connectivity index (χ4v) is 11.5. The van der Waals surface area contributed by atoms with Crippen LogP contribution in [0.4, 0.5) is 0 Å². The average Bonchev–Trinajstić information content (AvgIpc) is 2.88. The normalized spacial score (nSPS) is 11.0. The number of benzene rings is 4. The third kappa shape index (κ3) is 8.10. The molecule has 0 saturated heterocycles. The molecule has 0 amide bonds. The van der Waals surface area contributed by atoms with Crippen LogP contribution in [0, 0.1) is 23.7 Å².